The summed E-state index contributed by atoms with van der Waals surface area (Å²) in [5, 5.41) is 2.89. The Morgan fingerprint density at radius 2 is 2.06 bits per heavy atom. The van der Waals surface area contributed by atoms with E-state index in [-0.39, 0.29) is 5.82 Å². The number of halogens is 2. The van der Waals surface area contributed by atoms with Crippen LogP contribution in [0.25, 0.3) is 10.6 Å². The minimum absolute atomic E-state index is 0.245. The van der Waals surface area contributed by atoms with E-state index >= 15 is 0 Å². The van der Waals surface area contributed by atoms with Gasteiger partial charge in [-0.15, -0.1) is 11.3 Å². The van der Waals surface area contributed by atoms with Gasteiger partial charge in [0.2, 0.25) is 0 Å². The standard InChI is InChI=1S/C12H11BrFNS/c1-7(2)11-6-16-12(15-11)8-3-9(13)5-10(14)4-8/h3-7H,1-2H3. The maximum atomic E-state index is 13.2. The Bertz CT molecular complexity index is 487. The zero-order valence-corrected chi connectivity index (χ0v) is 11.4. The van der Waals surface area contributed by atoms with Crippen LogP contribution in [-0.2, 0) is 0 Å². The molecule has 0 N–H and O–H groups in total. The SMILES string of the molecule is CC(C)c1csc(-c2cc(F)cc(Br)c2)n1. The van der Waals surface area contributed by atoms with Crippen molar-refractivity contribution < 1.29 is 4.39 Å². The van der Waals surface area contributed by atoms with Crippen LogP contribution in [0.2, 0.25) is 0 Å². The number of thiazole rings is 1. The second-order valence-corrected chi connectivity index (χ2v) is 5.66. The molecule has 1 aromatic carbocycles. The first-order chi connectivity index (χ1) is 7.56. The number of nitrogens with zero attached hydrogens (tertiary/aromatic N) is 1. The van der Waals surface area contributed by atoms with E-state index in [9.17, 15) is 4.39 Å². The molecule has 0 aliphatic heterocycles. The van der Waals surface area contributed by atoms with Gasteiger partial charge >= 0.3 is 0 Å². The molecule has 0 aliphatic carbocycles. The fourth-order valence-corrected chi connectivity index (χ4v) is 2.80. The van der Waals surface area contributed by atoms with Gasteiger partial charge in [-0.25, -0.2) is 9.37 Å². The third-order valence-corrected chi connectivity index (χ3v) is 3.59. The Labute approximate surface area is 106 Å². The van der Waals surface area contributed by atoms with Gasteiger partial charge in [-0.1, -0.05) is 29.8 Å². The van der Waals surface area contributed by atoms with Gasteiger partial charge in [0, 0.05) is 15.4 Å². The lowest BCUT2D eigenvalue weighted by atomic mass is 10.1. The van der Waals surface area contributed by atoms with Gasteiger partial charge in [-0.2, -0.15) is 0 Å². The van der Waals surface area contributed by atoms with Crippen molar-refractivity contribution in [1.29, 1.82) is 0 Å². The van der Waals surface area contributed by atoms with Crippen LogP contribution in [0, 0.1) is 5.82 Å². The van der Waals surface area contributed by atoms with Gasteiger partial charge in [0.25, 0.3) is 0 Å². The molecular weight excluding hydrogens is 289 g/mol. The second-order valence-electron chi connectivity index (χ2n) is 3.89. The first-order valence-corrected chi connectivity index (χ1v) is 6.65. The molecule has 1 aromatic heterocycles. The molecule has 0 unspecified atom stereocenters. The van der Waals surface area contributed by atoms with E-state index in [2.05, 4.69) is 34.8 Å². The van der Waals surface area contributed by atoms with Crippen molar-refractivity contribution >= 4 is 27.3 Å². The van der Waals surface area contributed by atoms with Crippen molar-refractivity contribution in [3.8, 4) is 10.6 Å². The molecule has 4 heteroatoms. The summed E-state index contributed by atoms with van der Waals surface area (Å²) in [6, 6.07) is 4.83. The highest BCUT2D eigenvalue weighted by Crippen LogP contribution is 2.29. The van der Waals surface area contributed by atoms with Crippen molar-refractivity contribution in [1.82, 2.24) is 4.98 Å². The molecule has 0 spiro atoms. The van der Waals surface area contributed by atoms with Gasteiger partial charge in [-0.3, -0.25) is 0 Å². The molecule has 0 amide bonds. The van der Waals surface area contributed by atoms with E-state index in [1.165, 1.54) is 12.1 Å². The van der Waals surface area contributed by atoms with Crippen LogP contribution in [0.4, 0.5) is 4.39 Å². The third-order valence-electron chi connectivity index (χ3n) is 2.22. The number of rotatable bonds is 2. The Hall–Kier alpha value is -0.740. The summed E-state index contributed by atoms with van der Waals surface area (Å²) in [7, 11) is 0. The lowest BCUT2D eigenvalue weighted by Gasteiger charge is -1.99. The summed E-state index contributed by atoms with van der Waals surface area (Å²) in [6.07, 6.45) is 0. The Morgan fingerprint density at radius 3 is 2.62 bits per heavy atom. The molecule has 2 rings (SSSR count). The fraction of sp³-hybridized carbons (Fsp3) is 0.250. The van der Waals surface area contributed by atoms with Crippen molar-refractivity contribution in [3.63, 3.8) is 0 Å². The van der Waals surface area contributed by atoms with Gasteiger partial charge < -0.3 is 0 Å². The van der Waals surface area contributed by atoms with E-state index in [4.69, 9.17) is 0 Å². The summed E-state index contributed by atoms with van der Waals surface area (Å²) in [6.45, 7) is 4.20. The van der Waals surface area contributed by atoms with Gasteiger partial charge in [-0.05, 0) is 24.1 Å². The highest BCUT2D eigenvalue weighted by molar-refractivity contribution is 9.10. The van der Waals surface area contributed by atoms with Gasteiger partial charge in [0.1, 0.15) is 10.8 Å². The summed E-state index contributed by atoms with van der Waals surface area (Å²) in [4.78, 5) is 4.49. The Morgan fingerprint density at radius 1 is 1.31 bits per heavy atom. The van der Waals surface area contributed by atoms with Crippen LogP contribution >= 0.6 is 27.3 Å². The van der Waals surface area contributed by atoms with Crippen molar-refractivity contribution in [2.45, 2.75) is 19.8 Å². The molecule has 84 valence electrons. The topological polar surface area (TPSA) is 12.9 Å². The second kappa shape index (κ2) is 4.63. The molecule has 1 heterocycles. The molecule has 0 fully saturated rings. The highest BCUT2D eigenvalue weighted by Gasteiger charge is 2.09. The van der Waals surface area contributed by atoms with Crippen LogP contribution in [0.5, 0.6) is 0 Å². The van der Waals surface area contributed by atoms with Crippen LogP contribution < -0.4 is 0 Å². The summed E-state index contributed by atoms with van der Waals surface area (Å²) < 4.78 is 14.0. The van der Waals surface area contributed by atoms with Crippen LogP contribution in [0.15, 0.2) is 28.1 Å². The zero-order chi connectivity index (χ0) is 11.7. The maximum absolute atomic E-state index is 13.2. The number of benzene rings is 1. The van der Waals surface area contributed by atoms with Crippen molar-refractivity contribution in [2.24, 2.45) is 0 Å². The molecule has 0 radical (unpaired) electrons. The molecule has 0 bridgehead atoms. The molecule has 2 aromatic rings. The molecule has 0 saturated carbocycles. The molecule has 0 saturated heterocycles. The quantitative estimate of drug-likeness (QED) is 0.773. The van der Waals surface area contributed by atoms with Crippen molar-refractivity contribution in [3.05, 3.63) is 39.6 Å². The largest absolute Gasteiger partial charge is 0.241 e. The average molecular weight is 300 g/mol. The maximum Gasteiger partial charge on any atom is 0.125 e. The number of hydrogen-bond donors (Lipinski definition) is 0. The van der Waals surface area contributed by atoms with Crippen LogP contribution in [0.1, 0.15) is 25.5 Å². The minimum Gasteiger partial charge on any atom is -0.241 e. The fourth-order valence-electron chi connectivity index (χ4n) is 1.36. The minimum atomic E-state index is -0.245. The molecular formula is C12H11BrFNS. The van der Waals surface area contributed by atoms with Crippen molar-refractivity contribution in [2.75, 3.05) is 0 Å². The Balaban J connectivity index is 2.42. The van der Waals surface area contributed by atoms with E-state index in [0.717, 1.165) is 20.7 Å². The summed E-state index contributed by atoms with van der Waals surface area (Å²) >= 11 is 4.83. The molecule has 0 aliphatic rings. The lowest BCUT2D eigenvalue weighted by molar-refractivity contribution is 0.627. The monoisotopic (exact) mass is 299 g/mol. The summed E-state index contributed by atoms with van der Waals surface area (Å²) in [5.74, 6) is 0.160. The predicted octanol–water partition coefficient (Wildman–Crippen LogP) is 4.84. The first-order valence-electron chi connectivity index (χ1n) is 4.98. The van der Waals surface area contributed by atoms with E-state index in [0.29, 0.717) is 5.92 Å². The normalized spacial score (nSPS) is 11.1. The van der Waals surface area contributed by atoms with E-state index in [1.54, 1.807) is 11.3 Å². The summed E-state index contributed by atoms with van der Waals surface area (Å²) in [5.41, 5.74) is 1.88. The average Bonchev–Trinajstić information content (AvgIpc) is 2.64. The van der Waals surface area contributed by atoms with Gasteiger partial charge in [0.05, 0.1) is 5.69 Å². The number of aromatic nitrogens is 1. The Kier molecular flexibility index (Phi) is 3.40. The number of hydrogen-bond acceptors (Lipinski definition) is 2. The molecule has 16 heavy (non-hydrogen) atoms. The van der Waals surface area contributed by atoms with E-state index < -0.39 is 0 Å². The first kappa shape index (κ1) is 11.7. The third kappa shape index (κ3) is 2.50. The molecule has 0 atom stereocenters. The predicted molar refractivity (Wildman–Crippen MR) is 69.3 cm³/mol. The van der Waals surface area contributed by atoms with E-state index in [1.807, 2.05) is 11.4 Å². The van der Waals surface area contributed by atoms with Gasteiger partial charge in [0.15, 0.2) is 0 Å². The zero-order valence-electron chi connectivity index (χ0n) is 9.00. The highest BCUT2D eigenvalue weighted by atomic mass is 79.9. The lowest BCUT2D eigenvalue weighted by Crippen LogP contribution is -1.87. The smallest absolute Gasteiger partial charge is 0.125 e. The molecule has 1 nitrogen and oxygen atoms in total. The van der Waals surface area contributed by atoms with Crippen LogP contribution in [-0.4, -0.2) is 4.98 Å². The van der Waals surface area contributed by atoms with Crippen LogP contribution in [0.3, 0.4) is 0 Å².